The summed E-state index contributed by atoms with van der Waals surface area (Å²) < 4.78 is 0. The van der Waals surface area contributed by atoms with Gasteiger partial charge in [-0.05, 0) is 12.5 Å². The Morgan fingerprint density at radius 3 is 2.90 bits per heavy atom. The lowest BCUT2D eigenvalue weighted by atomic mass is 10.2. The molecule has 0 saturated heterocycles. The number of rotatable bonds is 4. The molecule has 2 aromatic rings. The van der Waals surface area contributed by atoms with Crippen molar-refractivity contribution in [2.45, 2.75) is 13.3 Å². The molecule has 0 radical (unpaired) electrons. The topological polar surface area (TPSA) is 86.3 Å². The van der Waals surface area contributed by atoms with Crippen molar-refractivity contribution in [1.29, 1.82) is 0 Å². The minimum atomic E-state index is -0.769. The molecule has 20 heavy (non-hydrogen) atoms. The third kappa shape index (κ3) is 3.23. The molecule has 2 amide bonds. The molecule has 1 heterocycles. The summed E-state index contributed by atoms with van der Waals surface area (Å²) in [4.78, 5) is 25.8. The van der Waals surface area contributed by atoms with Gasteiger partial charge in [-0.25, -0.2) is 5.43 Å². The van der Waals surface area contributed by atoms with Crippen molar-refractivity contribution in [2.24, 2.45) is 5.10 Å². The van der Waals surface area contributed by atoms with Crippen LogP contribution in [0.4, 0.5) is 0 Å². The summed E-state index contributed by atoms with van der Waals surface area (Å²) in [6.07, 6.45) is 4.07. The van der Waals surface area contributed by atoms with Gasteiger partial charge in [0.15, 0.2) is 0 Å². The highest BCUT2D eigenvalue weighted by atomic mass is 16.2. The van der Waals surface area contributed by atoms with Gasteiger partial charge in [-0.15, -0.1) is 0 Å². The zero-order valence-corrected chi connectivity index (χ0v) is 11.1. The average Bonchev–Trinajstić information content (AvgIpc) is 2.88. The van der Waals surface area contributed by atoms with Gasteiger partial charge in [-0.2, -0.15) is 5.10 Å². The number of nitrogens with one attached hydrogen (secondary N) is 3. The van der Waals surface area contributed by atoms with Gasteiger partial charge >= 0.3 is 11.8 Å². The van der Waals surface area contributed by atoms with E-state index in [1.54, 1.807) is 6.20 Å². The molecular formula is C14H16N4O2. The minimum absolute atomic E-state index is 0.471. The number of hydrogen-bond acceptors (Lipinski definition) is 3. The number of nitrogens with zero attached hydrogens (tertiary/aromatic N) is 1. The summed E-state index contributed by atoms with van der Waals surface area (Å²) >= 11 is 0. The van der Waals surface area contributed by atoms with Crippen LogP contribution >= 0.6 is 0 Å². The second-order valence-electron chi connectivity index (χ2n) is 4.24. The number of carbonyl (C=O) groups excluding carboxylic acids is 2. The maximum atomic E-state index is 11.4. The fourth-order valence-electron chi connectivity index (χ4n) is 1.73. The number of para-hydroxylation sites is 1. The Balaban J connectivity index is 1.96. The summed E-state index contributed by atoms with van der Waals surface area (Å²) in [5.74, 6) is -1.45. The van der Waals surface area contributed by atoms with E-state index in [2.05, 4.69) is 20.8 Å². The highest BCUT2D eigenvalue weighted by molar-refractivity contribution is 6.35. The van der Waals surface area contributed by atoms with Crippen LogP contribution in [-0.2, 0) is 9.59 Å². The van der Waals surface area contributed by atoms with E-state index in [-0.39, 0.29) is 0 Å². The molecule has 0 saturated carbocycles. The van der Waals surface area contributed by atoms with Gasteiger partial charge in [0.25, 0.3) is 0 Å². The van der Waals surface area contributed by atoms with Crippen LogP contribution < -0.4 is 10.7 Å². The zero-order chi connectivity index (χ0) is 14.4. The molecule has 0 aliphatic rings. The number of aromatic amines is 1. The van der Waals surface area contributed by atoms with Crippen molar-refractivity contribution >= 4 is 28.9 Å². The Morgan fingerprint density at radius 1 is 1.30 bits per heavy atom. The molecule has 0 unspecified atom stereocenters. The largest absolute Gasteiger partial charge is 0.361 e. The van der Waals surface area contributed by atoms with Crippen molar-refractivity contribution in [1.82, 2.24) is 15.7 Å². The van der Waals surface area contributed by atoms with Crippen LogP contribution in [0.3, 0.4) is 0 Å². The van der Waals surface area contributed by atoms with E-state index in [1.165, 1.54) is 6.21 Å². The first-order valence-corrected chi connectivity index (χ1v) is 6.39. The lowest BCUT2D eigenvalue weighted by Gasteiger charge is -2.00. The molecule has 104 valence electrons. The first kappa shape index (κ1) is 13.8. The quantitative estimate of drug-likeness (QED) is 0.443. The Labute approximate surface area is 116 Å². The molecule has 1 aromatic heterocycles. The van der Waals surface area contributed by atoms with E-state index in [1.807, 2.05) is 31.2 Å². The van der Waals surface area contributed by atoms with Crippen LogP contribution in [0.1, 0.15) is 18.9 Å². The molecule has 0 aliphatic carbocycles. The molecule has 0 spiro atoms. The van der Waals surface area contributed by atoms with Crippen molar-refractivity contribution in [3.05, 3.63) is 36.0 Å². The van der Waals surface area contributed by atoms with E-state index in [0.717, 1.165) is 22.9 Å². The number of hydrogen-bond donors (Lipinski definition) is 3. The smallest absolute Gasteiger partial charge is 0.329 e. The third-order valence-electron chi connectivity index (χ3n) is 2.73. The van der Waals surface area contributed by atoms with Crippen LogP contribution in [0.2, 0.25) is 0 Å². The van der Waals surface area contributed by atoms with Gasteiger partial charge in [-0.1, -0.05) is 25.1 Å². The monoisotopic (exact) mass is 272 g/mol. The molecular weight excluding hydrogens is 256 g/mol. The normalized spacial score (nSPS) is 10.8. The molecule has 0 atom stereocenters. The first-order chi connectivity index (χ1) is 9.72. The van der Waals surface area contributed by atoms with Crippen LogP contribution in [0, 0.1) is 0 Å². The van der Waals surface area contributed by atoms with E-state index < -0.39 is 11.8 Å². The second kappa shape index (κ2) is 6.51. The van der Waals surface area contributed by atoms with Crippen molar-refractivity contribution in [3.63, 3.8) is 0 Å². The number of hydrazone groups is 1. The van der Waals surface area contributed by atoms with Crippen LogP contribution in [0.5, 0.6) is 0 Å². The van der Waals surface area contributed by atoms with Gasteiger partial charge in [0, 0.05) is 29.2 Å². The fraction of sp³-hybridized carbons (Fsp3) is 0.214. The maximum absolute atomic E-state index is 11.4. The van der Waals surface area contributed by atoms with Crippen molar-refractivity contribution in [3.8, 4) is 0 Å². The highest BCUT2D eigenvalue weighted by Gasteiger charge is 2.10. The molecule has 0 fully saturated rings. The highest BCUT2D eigenvalue weighted by Crippen LogP contribution is 2.15. The predicted molar refractivity (Wildman–Crippen MR) is 77.3 cm³/mol. The maximum Gasteiger partial charge on any atom is 0.329 e. The summed E-state index contributed by atoms with van der Waals surface area (Å²) in [6.45, 7) is 2.38. The summed E-state index contributed by atoms with van der Waals surface area (Å²) in [6, 6.07) is 7.75. The molecule has 0 aliphatic heterocycles. The van der Waals surface area contributed by atoms with Crippen LogP contribution in [-0.4, -0.2) is 29.6 Å². The average molecular weight is 272 g/mol. The fourth-order valence-corrected chi connectivity index (χ4v) is 1.73. The SMILES string of the molecule is CCCNC(=O)C(=O)N/N=C\c1c[nH]c2ccccc12. The number of aromatic nitrogens is 1. The summed E-state index contributed by atoms with van der Waals surface area (Å²) in [5, 5.41) is 7.26. The number of H-pyrrole nitrogens is 1. The second-order valence-corrected chi connectivity index (χ2v) is 4.24. The van der Waals surface area contributed by atoms with E-state index in [0.29, 0.717) is 6.54 Å². The van der Waals surface area contributed by atoms with Crippen molar-refractivity contribution < 1.29 is 9.59 Å². The molecule has 1 aromatic carbocycles. The molecule has 2 rings (SSSR count). The van der Waals surface area contributed by atoms with Gasteiger partial charge in [0.1, 0.15) is 0 Å². The van der Waals surface area contributed by atoms with E-state index in [4.69, 9.17) is 0 Å². The summed E-state index contributed by atoms with van der Waals surface area (Å²) in [5.41, 5.74) is 4.03. The minimum Gasteiger partial charge on any atom is -0.361 e. The van der Waals surface area contributed by atoms with Gasteiger partial charge in [0.2, 0.25) is 0 Å². The van der Waals surface area contributed by atoms with E-state index in [9.17, 15) is 9.59 Å². The lowest BCUT2D eigenvalue weighted by molar-refractivity contribution is -0.139. The first-order valence-electron chi connectivity index (χ1n) is 6.39. The van der Waals surface area contributed by atoms with Gasteiger partial charge in [-0.3, -0.25) is 9.59 Å². The molecule has 6 heteroatoms. The number of benzene rings is 1. The Morgan fingerprint density at radius 2 is 2.10 bits per heavy atom. The number of fused-ring (bicyclic) bond motifs is 1. The zero-order valence-electron chi connectivity index (χ0n) is 11.1. The Kier molecular flexibility index (Phi) is 4.49. The summed E-state index contributed by atoms with van der Waals surface area (Å²) in [7, 11) is 0. The molecule has 3 N–H and O–H groups in total. The number of amides is 2. The lowest BCUT2D eigenvalue weighted by Crippen LogP contribution is -2.38. The molecule has 6 nitrogen and oxygen atoms in total. The standard InChI is InChI=1S/C14H16N4O2/c1-2-7-15-13(19)14(20)18-17-9-10-8-16-12-6-4-3-5-11(10)12/h3-6,8-9,16H,2,7H2,1H3,(H,15,19)(H,18,20)/b17-9-. The Hall–Kier alpha value is -2.63. The van der Waals surface area contributed by atoms with E-state index >= 15 is 0 Å². The Bertz CT molecular complexity index is 645. The third-order valence-corrected chi connectivity index (χ3v) is 2.73. The number of carbonyl (C=O) groups is 2. The molecule has 0 bridgehead atoms. The van der Waals surface area contributed by atoms with Gasteiger partial charge in [0.05, 0.1) is 6.21 Å². The van der Waals surface area contributed by atoms with Crippen LogP contribution in [0.25, 0.3) is 10.9 Å². The van der Waals surface area contributed by atoms with Crippen molar-refractivity contribution in [2.75, 3.05) is 6.54 Å². The predicted octanol–water partition coefficient (Wildman–Crippen LogP) is 1.14. The van der Waals surface area contributed by atoms with Crippen LogP contribution in [0.15, 0.2) is 35.6 Å². The van der Waals surface area contributed by atoms with Gasteiger partial charge < -0.3 is 10.3 Å².